The fraction of sp³-hybridized carbons (Fsp3) is 0.421. The third-order valence-corrected chi connectivity index (χ3v) is 10.7. The lowest BCUT2D eigenvalue weighted by Crippen LogP contribution is -3.00. The fourth-order valence-electron chi connectivity index (χ4n) is 5.53. The molecular formula is C38H48Br2N2O10S2. The van der Waals surface area contributed by atoms with Crippen LogP contribution in [0.5, 0.6) is 34.5 Å². The van der Waals surface area contributed by atoms with E-state index in [9.17, 15) is 9.59 Å². The topological polar surface area (TPSA) is 116 Å². The van der Waals surface area contributed by atoms with Gasteiger partial charge in [0.1, 0.15) is 0 Å². The monoisotopic (exact) mass is 914 g/mol. The first kappa shape index (κ1) is 46.3. The normalized spacial score (nSPS) is 10.6. The molecule has 2 aromatic carbocycles. The van der Waals surface area contributed by atoms with E-state index in [1.807, 2.05) is 38.1 Å². The second-order valence-corrected chi connectivity index (χ2v) is 13.5. The van der Waals surface area contributed by atoms with Gasteiger partial charge in [-0.2, -0.15) is 9.13 Å². The minimum Gasteiger partial charge on any atom is -1.00 e. The highest BCUT2D eigenvalue weighted by atomic mass is 79.9. The SMILES string of the molecule is COc1cc(C[n+]2csc(CCOC(=O)C/C=C/CC(=O)OCCc3sc[n+](Cc4cc(OC)c(OC)c(OC)c4)c3C)c2C)cc(OC)c1OC.[Br-].[Br-]. The van der Waals surface area contributed by atoms with Crippen molar-refractivity contribution in [3.05, 3.63) is 79.7 Å². The van der Waals surface area contributed by atoms with E-state index in [2.05, 4.69) is 20.2 Å². The highest BCUT2D eigenvalue weighted by Gasteiger charge is 2.21. The largest absolute Gasteiger partial charge is 1.00 e. The molecule has 0 aliphatic heterocycles. The molecule has 0 atom stereocenters. The maximum absolute atomic E-state index is 12.3. The van der Waals surface area contributed by atoms with Gasteiger partial charge in [0.25, 0.3) is 0 Å². The summed E-state index contributed by atoms with van der Waals surface area (Å²) in [5, 5.41) is 0. The zero-order valence-corrected chi connectivity index (χ0v) is 36.6. The number of rotatable bonds is 20. The zero-order valence-electron chi connectivity index (χ0n) is 31.8. The van der Waals surface area contributed by atoms with Crippen LogP contribution >= 0.6 is 22.7 Å². The number of hydrogen-bond donors (Lipinski definition) is 0. The third-order valence-electron chi connectivity index (χ3n) is 8.39. The van der Waals surface area contributed by atoms with Gasteiger partial charge in [0, 0.05) is 37.8 Å². The van der Waals surface area contributed by atoms with Gasteiger partial charge in [-0.25, -0.2) is 0 Å². The molecule has 0 fully saturated rings. The molecule has 0 bridgehead atoms. The number of nitrogens with zero attached hydrogens (tertiary/aromatic N) is 2. The molecule has 0 aliphatic rings. The van der Waals surface area contributed by atoms with Crippen molar-refractivity contribution < 1.29 is 90.6 Å². The summed E-state index contributed by atoms with van der Waals surface area (Å²) in [4.78, 5) is 26.9. The minimum absolute atomic E-state index is 0. The first-order chi connectivity index (χ1) is 25.1. The molecule has 0 saturated carbocycles. The lowest BCUT2D eigenvalue weighted by Gasteiger charge is -2.13. The molecule has 0 radical (unpaired) electrons. The summed E-state index contributed by atoms with van der Waals surface area (Å²) in [5.41, 5.74) is 8.30. The Labute approximate surface area is 346 Å². The van der Waals surface area contributed by atoms with E-state index in [0.717, 1.165) is 32.3 Å². The zero-order chi connectivity index (χ0) is 37.6. The molecule has 0 saturated heterocycles. The number of esters is 2. The Kier molecular flexibility index (Phi) is 19.8. The summed E-state index contributed by atoms with van der Waals surface area (Å²) in [6, 6.07) is 7.73. The second kappa shape index (κ2) is 23.1. The lowest BCUT2D eigenvalue weighted by molar-refractivity contribution is -0.689. The third kappa shape index (κ3) is 12.3. The van der Waals surface area contributed by atoms with Crippen LogP contribution in [0.1, 0.15) is 45.1 Å². The molecule has 54 heavy (non-hydrogen) atoms. The van der Waals surface area contributed by atoms with Crippen molar-refractivity contribution in [2.75, 3.05) is 55.9 Å². The van der Waals surface area contributed by atoms with Crippen molar-refractivity contribution in [1.29, 1.82) is 0 Å². The molecule has 16 heteroatoms. The highest BCUT2D eigenvalue weighted by Crippen LogP contribution is 2.39. The molecule has 0 spiro atoms. The van der Waals surface area contributed by atoms with E-state index in [4.69, 9.17) is 37.9 Å². The molecule has 0 aliphatic carbocycles. The van der Waals surface area contributed by atoms with Crippen LogP contribution in [0.2, 0.25) is 0 Å². The molecule has 2 heterocycles. The number of thiazole rings is 2. The van der Waals surface area contributed by atoms with Gasteiger partial charge in [-0.05, 0) is 24.3 Å². The summed E-state index contributed by atoms with van der Waals surface area (Å²) in [5.74, 6) is 2.83. The van der Waals surface area contributed by atoms with E-state index in [0.29, 0.717) is 60.4 Å². The van der Waals surface area contributed by atoms with Crippen molar-refractivity contribution in [1.82, 2.24) is 0 Å². The van der Waals surface area contributed by atoms with Crippen LogP contribution in [0.15, 0.2) is 47.4 Å². The van der Waals surface area contributed by atoms with Crippen molar-refractivity contribution >= 4 is 34.6 Å². The molecule has 4 rings (SSSR count). The van der Waals surface area contributed by atoms with Gasteiger partial charge in [0.15, 0.2) is 47.5 Å². The molecule has 296 valence electrons. The second-order valence-electron chi connectivity index (χ2n) is 11.6. The van der Waals surface area contributed by atoms with E-state index in [-0.39, 0.29) is 72.0 Å². The van der Waals surface area contributed by atoms with Gasteiger partial charge in [0.2, 0.25) is 22.5 Å². The standard InChI is InChI=1S/C38H48N2O10S2.2BrH/c1-25-33(51-23-39(25)21-27-17-29(43-3)37(47-7)30(18-27)44-4)13-15-49-35(41)11-9-10-12-36(42)50-16-14-34-26(2)40(24-52-34)22-28-19-31(45-5)38(48-8)32(20-28)46-6;;/h9-10,17-20,23-24H,11-16,21-22H2,1-8H3;2*1H/q+2;;/p-2/b10-9+;;. The van der Waals surface area contributed by atoms with Gasteiger partial charge in [-0.1, -0.05) is 34.8 Å². The summed E-state index contributed by atoms with van der Waals surface area (Å²) in [6.45, 7) is 5.88. The average molecular weight is 917 g/mol. The van der Waals surface area contributed by atoms with Crippen molar-refractivity contribution in [3.8, 4) is 34.5 Å². The van der Waals surface area contributed by atoms with Gasteiger partial charge in [-0.3, -0.25) is 9.59 Å². The minimum atomic E-state index is -0.350. The van der Waals surface area contributed by atoms with Crippen LogP contribution in [0.3, 0.4) is 0 Å². The Morgan fingerprint density at radius 3 is 1.20 bits per heavy atom. The Morgan fingerprint density at radius 1 is 0.574 bits per heavy atom. The van der Waals surface area contributed by atoms with Crippen LogP contribution in [-0.4, -0.2) is 67.8 Å². The fourth-order valence-corrected chi connectivity index (χ4v) is 7.49. The van der Waals surface area contributed by atoms with Gasteiger partial charge >= 0.3 is 11.9 Å². The van der Waals surface area contributed by atoms with Gasteiger partial charge < -0.3 is 71.9 Å². The lowest BCUT2D eigenvalue weighted by atomic mass is 10.1. The number of carbonyl (C=O) groups excluding carboxylic acids is 2. The Morgan fingerprint density at radius 2 is 0.907 bits per heavy atom. The first-order valence-corrected chi connectivity index (χ1v) is 18.4. The molecule has 0 unspecified atom stereocenters. The Bertz CT molecular complexity index is 1680. The summed E-state index contributed by atoms with van der Waals surface area (Å²) in [7, 11) is 9.55. The number of methoxy groups -OCH3 is 6. The van der Waals surface area contributed by atoms with Gasteiger partial charge in [0.05, 0.1) is 78.5 Å². The van der Waals surface area contributed by atoms with Crippen molar-refractivity contribution in [3.63, 3.8) is 0 Å². The predicted octanol–water partition coefficient (Wildman–Crippen LogP) is -0.634. The van der Waals surface area contributed by atoms with Crippen molar-refractivity contribution in [2.24, 2.45) is 0 Å². The first-order valence-electron chi connectivity index (χ1n) is 16.6. The number of ether oxygens (including phenoxy) is 8. The maximum Gasteiger partial charge on any atom is 0.309 e. The molecule has 2 aromatic heterocycles. The number of halogens is 2. The maximum atomic E-state index is 12.3. The van der Waals surface area contributed by atoms with E-state index >= 15 is 0 Å². The van der Waals surface area contributed by atoms with Crippen LogP contribution < -0.4 is 71.5 Å². The number of aromatic nitrogens is 2. The van der Waals surface area contributed by atoms with Crippen LogP contribution in [-0.2, 0) is 45.0 Å². The highest BCUT2D eigenvalue weighted by molar-refractivity contribution is 7.09. The predicted molar refractivity (Wildman–Crippen MR) is 197 cm³/mol. The molecular weight excluding hydrogens is 868 g/mol. The molecule has 12 nitrogen and oxygen atoms in total. The molecule has 0 amide bonds. The van der Waals surface area contributed by atoms with E-state index in [1.54, 1.807) is 77.5 Å². The average Bonchev–Trinajstić information content (AvgIpc) is 3.68. The smallest absolute Gasteiger partial charge is 0.309 e. The Hall–Kier alpha value is -3.86. The van der Waals surface area contributed by atoms with Crippen LogP contribution in [0.25, 0.3) is 0 Å². The molecule has 0 N–H and O–H groups in total. The summed E-state index contributed by atoms with van der Waals surface area (Å²) < 4.78 is 48.0. The van der Waals surface area contributed by atoms with Crippen LogP contribution in [0.4, 0.5) is 0 Å². The van der Waals surface area contributed by atoms with E-state index < -0.39 is 0 Å². The number of benzene rings is 2. The van der Waals surface area contributed by atoms with Crippen molar-refractivity contribution in [2.45, 2.75) is 52.6 Å². The van der Waals surface area contributed by atoms with Crippen LogP contribution in [0, 0.1) is 13.8 Å². The number of hydrogen-bond acceptors (Lipinski definition) is 12. The van der Waals surface area contributed by atoms with E-state index in [1.165, 1.54) is 0 Å². The Balaban J connectivity index is 0.00000504. The summed E-state index contributed by atoms with van der Waals surface area (Å²) in [6.07, 6.45) is 4.66. The quantitative estimate of drug-likeness (QED) is 0.0646. The summed E-state index contributed by atoms with van der Waals surface area (Å²) >= 11 is 3.23. The number of carbonyl (C=O) groups is 2. The molecule has 4 aromatic rings. The van der Waals surface area contributed by atoms with Gasteiger partial charge in [-0.15, -0.1) is 0 Å².